The Morgan fingerprint density at radius 2 is 2.21 bits per heavy atom. The van der Waals surface area contributed by atoms with Crippen molar-refractivity contribution in [3.63, 3.8) is 0 Å². The summed E-state index contributed by atoms with van der Waals surface area (Å²) in [6.45, 7) is 1.85. The number of furan rings is 1. The van der Waals surface area contributed by atoms with Crippen molar-refractivity contribution in [3.8, 4) is 0 Å². The SMILES string of the molecule is O=C(c1ccnc(C2CC2)c1)N(Cc1ccco1)CC1CCCO1. The number of carbonyl (C=O) groups is 1. The molecule has 1 saturated heterocycles. The minimum Gasteiger partial charge on any atom is -0.467 e. The molecule has 0 N–H and O–H groups in total. The van der Waals surface area contributed by atoms with Crippen LogP contribution in [0.3, 0.4) is 0 Å². The Morgan fingerprint density at radius 3 is 2.92 bits per heavy atom. The van der Waals surface area contributed by atoms with E-state index in [1.165, 1.54) is 12.8 Å². The molecule has 4 rings (SSSR count). The number of rotatable bonds is 6. The van der Waals surface area contributed by atoms with E-state index in [-0.39, 0.29) is 12.0 Å². The van der Waals surface area contributed by atoms with Crippen LogP contribution in [-0.2, 0) is 11.3 Å². The van der Waals surface area contributed by atoms with E-state index in [4.69, 9.17) is 9.15 Å². The van der Waals surface area contributed by atoms with Gasteiger partial charge in [0.1, 0.15) is 5.76 Å². The van der Waals surface area contributed by atoms with Gasteiger partial charge in [0.05, 0.1) is 18.9 Å². The average molecular weight is 326 g/mol. The van der Waals surface area contributed by atoms with E-state index in [1.54, 1.807) is 18.5 Å². The molecular formula is C19H22N2O3. The van der Waals surface area contributed by atoms with Gasteiger partial charge in [0.25, 0.3) is 5.91 Å². The lowest BCUT2D eigenvalue weighted by Gasteiger charge is -2.25. The number of hydrogen-bond donors (Lipinski definition) is 0. The summed E-state index contributed by atoms with van der Waals surface area (Å²) in [6, 6.07) is 7.50. The smallest absolute Gasteiger partial charge is 0.254 e. The maximum absolute atomic E-state index is 13.1. The maximum atomic E-state index is 13.1. The van der Waals surface area contributed by atoms with Gasteiger partial charge < -0.3 is 14.1 Å². The van der Waals surface area contributed by atoms with Gasteiger partial charge in [-0.2, -0.15) is 0 Å². The summed E-state index contributed by atoms with van der Waals surface area (Å²) in [4.78, 5) is 19.3. The topological polar surface area (TPSA) is 55.6 Å². The van der Waals surface area contributed by atoms with Crippen LogP contribution in [0.2, 0.25) is 0 Å². The van der Waals surface area contributed by atoms with Crippen molar-refractivity contribution in [1.29, 1.82) is 0 Å². The van der Waals surface area contributed by atoms with Crippen LogP contribution in [-0.4, -0.2) is 35.0 Å². The van der Waals surface area contributed by atoms with Crippen molar-refractivity contribution in [1.82, 2.24) is 9.88 Å². The molecule has 3 heterocycles. The van der Waals surface area contributed by atoms with Gasteiger partial charge in [-0.05, 0) is 49.9 Å². The fourth-order valence-corrected chi connectivity index (χ4v) is 3.21. The van der Waals surface area contributed by atoms with Crippen LogP contribution in [0.25, 0.3) is 0 Å². The van der Waals surface area contributed by atoms with Gasteiger partial charge in [-0.25, -0.2) is 0 Å². The molecule has 1 unspecified atom stereocenters. The lowest BCUT2D eigenvalue weighted by molar-refractivity contribution is 0.0491. The third kappa shape index (κ3) is 3.51. The molecule has 126 valence electrons. The lowest BCUT2D eigenvalue weighted by Crippen LogP contribution is -2.37. The molecule has 2 aliphatic rings. The summed E-state index contributed by atoms with van der Waals surface area (Å²) >= 11 is 0. The van der Waals surface area contributed by atoms with E-state index in [1.807, 2.05) is 23.1 Å². The molecule has 0 bridgehead atoms. The Bertz CT molecular complexity index is 688. The fraction of sp³-hybridized carbons (Fsp3) is 0.474. The number of aromatic nitrogens is 1. The first-order chi connectivity index (χ1) is 11.8. The minimum absolute atomic E-state index is 0.0196. The van der Waals surface area contributed by atoms with Gasteiger partial charge in [0.15, 0.2) is 0 Å². The summed E-state index contributed by atoms with van der Waals surface area (Å²) in [7, 11) is 0. The highest BCUT2D eigenvalue weighted by Gasteiger charge is 2.28. The van der Waals surface area contributed by atoms with Crippen LogP contribution >= 0.6 is 0 Å². The largest absolute Gasteiger partial charge is 0.467 e. The van der Waals surface area contributed by atoms with Crippen LogP contribution in [0.15, 0.2) is 41.1 Å². The Hall–Kier alpha value is -2.14. The molecule has 1 saturated carbocycles. The Morgan fingerprint density at radius 1 is 1.29 bits per heavy atom. The van der Waals surface area contributed by atoms with Gasteiger partial charge in [0.2, 0.25) is 0 Å². The number of nitrogens with zero attached hydrogens (tertiary/aromatic N) is 2. The monoisotopic (exact) mass is 326 g/mol. The van der Waals surface area contributed by atoms with Crippen molar-refractivity contribution in [3.05, 3.63) is 53.7 Å². The molecule has 1 aliphatic heterocycles. The standard InChI is InChI=1S/C19H22N2O3/c22-19(15-7-8-20-18(11-15)14-5-6-14)21(12-16-3-1-9-23-16)13-17-4-2-10-24-17/h1,3,7-9,11,14,17H,2,4-6,10,12-13H2. The van der Waals surface area contributed by atoms with Crippen LogP contribution in [0.4, 0.5) is 0 Å². The molecule has 1 aliphatic carbocycles. The summed E-state index contributed by atoms with van der Waals surface area (Å²) in [5.41, 5.74) is 1.74. The highest BCUT2D eigenvalue weighted by atomic mass is 16.5. The number of carbonyl (C=O) groups excluding carboxylic acids is 1. The molecule has 5 heteroatoms. The first kappa shape index (κ1) is 15.4. The van der Waals surface area contributed by atoms with Crippen molar-refractivity contribution in [2.75, 3.05) is 13.2 Å². The predicted octanol–water partition coefficient (Wildman–Crippen LogP) is 3.37. The molecule has 0 aromatic carbocycles. The van der Waals surface area contributed by atoms with Crippen molar-refractivity contribution in [2.45, 2.75) is 44.2 Å². The molecule has 0 radical (unpaired) electrons. The Balaban J connectivity index is 1.53. The molecule has 2 fully saturated rings. The molecule has 2 aromatic heterocycles. The second-order valence-corrected chi connectivity index (χ2v) is 6.64. The zero-order valence-corrected chi connectivity index (χ0v) is 13.7. The predicted molar refractivity (Wildman–Crippen MR) is 88.6 cm³/mol. The van der Waals surface area contributed by atoms with Crippen molar-refractivity contribution >= 4 is 5.91 Å². The van der Waals surface area contributed by atoms with Crippen LogP contribution < -0.4 is 0 Å². The number of hydrogen-bond acceptors (Lipinski definition) is 4. The van der Waals surface area contributed by atoms with Gasteiger partial charge in [-0.3, -0.25) is 9.78 Å². The van der Waals surface area contributed by atoms with E-state index in [0.29, 0.717) is 24.6 Å². The minimum atomic E-state index is 0.0196. The van der Waals surface area contributed by atoms with Gasteiger partial charge in [-0.1, -0.05) is 0 Å². The van der Waals surface area contributed by atoms with Crippen LogP contribution in [0.5, 0.6) is 0 Å². The van der Waals surface area contributed by atoms with Crippen LogP contribution in [0, 0.1) is 0 Å². The van der Waals surface area contributed by atoms with Crippen molar-refractivity contribution in [2.24, 2.45) is 0 Å². The molecule has 1 atom stereocenters. The summed E-state index contributed by atoms with van der Waals surface area (Å²) in [5.74, 6) is 1.35. The number of amides is 1. The van der Waals surface area contributed by atoms with Gasteiger partial charge in [-0.15, -0.1) is 0 Å². The normalized spacial score (nSPS) is 20.2. The average Bonchev–Trinajstić information content (AvgIpc) is 3.10. The van der Waals surface area contributed by atoms with E-state index in [0.717, 1.165) is 30.9 Å². The lowest BCUT2D eigenvalue weighted by atomic mass is 10.1. The van der Waals surface area contributed by atoms with E-state index in [2.05, 4.69) is 4.98 Å². The third-order valence-corrected chi connectivity index (χ3v) is 4.69. The fourth-order valence-electron chi connectivity index (χ4n) is 3.21. The third-order valence-electron chi connectivity index (χ3n) is 4.69. The Labute approximate surface area is 141 Å². The number of pyridine rings is 1. The molecular weight excluding hydrogens is 304 g/mol. The molecule has 1 amide bonds. The molecule has 0 spiro atoms. The molecule has 2 aromatic rings. The first-order valence-electron chi connectivity index (χ1n) is 8.69. The second-order valence-electron chi connectivity index (χ2n) is 6.64. The summed E-state index contributed by atoms with van der Waals surface area (Å²) in [6.07, 6.45) is 7.93. The number of ether oxygens (including phenoxy) is 1. The van der Waals surface area contributed by atoms with E-state index < -0.39 is 0 Å². The van der Waals surface area contributed by atoms with Crippen molar-refractivity contribution < 1.29 is 13.9 Å². The van der Waals surface area contributed by atoms with Gasteiger partial charge >= 0.3 is 0 Å². The zero-order valence-electron chi connectivity index (χ0n) is 13.7. The van der Waals surface area contributed by atoms with Gasteiger partial charge in [0, 0.05) is 36.5 Å². The maximum Gasteiger partial charge on any atom is 0.254 e. The van der Waals surface area contributed by atoms with Crippen LogP contribution in [0.1, 0.15) is 53.4 Å². The summed E-state index contributed by atoms with van der Waals surface area (Å²) in [5, 5.41) is 0. The second kappa shape index (κ2) is 6.77. The summed E-state index contributed by atoms with van der Waals surface area (Å²) < 4.78 is 11.2. The molecule has 24 heavy (non-hydrogen) atoms. The Kier molecular flexibility index (Phi) is 4.34. The highest BCUT2D eigenvalue weighted by Crippen LogP contribution is 2.39. The quantitative estimate of drug-likeness (QED) is 0.816. The highest BCUT2D eigenvalue weighted by molar-refractivity contribution is 5.94. The van der Waals surface area contributed by atoms with E-state index in [9.17, 15) is 4.79 Å². The molecule has 5 nitrogen and oxygen atoms in total. The first-order valence-corrected chi connectivity index (χ1v) is 8.69. The zero-order chi connectivity index (χ0) is 16.4. The van der Waals surface area contributed by atoms with E-state index >= 15 is 0 Å².